The van der Waals surface area contributed by atoms with Gasteiger partial charge in [0.05, 0.1) is 11.9 Å². The van der Waals surface area contributed by atoms with Crippen LogP contribution in [0.4, 0.5) is 5.69 Å². The molecule has 2 N–H and O–H groups in total. The predicted molar refractivity (Wildman–Crippen MR) is 61.9 cm³/mol. The Morgan fingerprint density at radius 1 is 1.67 bits per heavy atom. The number of piperidine rings is 1. The van der Waals surface area contributed by atoms with Gasteiger partial charge < -0.3 is 10.6 Å². The van der Waals surface area contributed by atoms with E-state index in [1.54, 1.807) is 0 Å². The molecule has 1 aromatic heterocycles. The third-order valence-electron chi connectivity index (χ3n) is 3.16. The lowest BCUT2D eigenvalue weighted by molar-refractivity contribution is 0.311. The van der Waals surface area contributed by atoms with Gasteiger partial charge in [0.1, 0.15) is 0 Å². The molecule has 4 heteroatoms. The van der Waals surface area contributed by atoms with E-state index >= 15 is 0 Å². The van der Waals surface area contributed by atoms with Crippen LogP contribution in [0.15, 0.2) is 12.4 Å². The molecule has 0 aliphatic carbocycles. The molecule has 2 atom stereocenters. The quantitative estimate of drug-likeness (QED) is 0.785. The van der Waals surface area contributed by atoms with E-state index in [-0.39, 0.29) is 0 Å². The molecular formula is C11H20N4. The van der Waals surface area contributed by atoms with E-state index in [1.165, 1.54) is 12.8 Å². The van der Waals surface area contributed by atoms with Crippen molar-refractivity contribution in [1.82, 2.24) is 15.1 Å². The van der Waals surface area contributed by atoms with Crippen LogP contribution < -0.4 is 10.6 Å². The lowest BCUT2D eigenvalue weighted by Gasteiger charge is -2.30. The van der Waals surface area contributed by atoms with Gasteiger partial charge in [0.15, 0.2) is 0 Å². The zero-order valence-electron chi connectivity index (χ0n) is 9.53. The lowest BCUT2D eigenvalue weighted by atomic mass is 9.93. The number of hydrogen-bond acceptors (Lipinski definition) is 3. The Hall–Kier alpha value is -1.03. The maximum Gasteiger partial charge on any atom is 0.0726 e. The predicted octanol–water partition coefficient (Wildman–Crippen LogP) is 1.22. The van der Waals surface area contributed by atoms with Crippen LogP contribution in [-0.2, 0) is 7.05 Å². The molecule has 2 heterocycles. The van der Waals surface area contributed by atoms with Crippen LogP contribution in [-0.4, -0.2) is 28.9 Å². The molecule has 0 amide bonds. The molecule has 1 aliphatic heterocycles. The molecule has 1 aliphatic rings. The van der Waals surface area contributed by atoms with Crippen molar-refractivity contribution in [1.29, 1.82) is 0 Å². The summed E-state index contributed by atoms with van der Waals surface area (Å²) >= 11 is 0. The average Bonchev–Trinajstić information content (AvgIpc) is 2.63. The van der Waals surface area contributed by atoms with Gasteiger partial charge in [-0.2, -0.15) is 5.10 Å². The zero-order valence-corrected chi connectivity index (χ0v) is 9.53. The van der Waals surface area contributed by atoms with Crippen molar-refractivity contribution in [3.8, 4) is 0 Å². The van der Waals surface area contributed by atoms with Crippen molar-refractivity contribution in [3.05, 3.63) is 12.4 Å². The summed E-state index contributed by atoms with van der Waals surface area (Å²) in [5.41, 5.74) is 1.11. The van der Waals surface area contributed by atoms with Gasteiger partial charge in [0.2, 0.25) is 0 Å². The summed E-state index contributed by atoms with van der Waals surface area (Å²) in [6, 6.07) is 0.596. The zero-order chi connectivity index (χ0) is 10.7. The van der Waals surface area contributed by atoms with Gasteiger partial charge in [0.25, 0.3) is 0 Å². The van der Waals surface area contributed by atoms with Crippen LogP contribution in [0.1, 0.15) is 19.8 Å². The number of anilines is 1. The van der Waals surface area contributed by atoms with Gasteiger partial charge in [-0.15, -0.1) is 0 Å². The number of aromatic nitrogens is 2. The van der Waals surface area contributed by atoms with E-state index in [4.69, 9.17) is 0 Å². The smallest absolute Gasteiger partial charge is 0.0726 e. The molecule has 1 fully saturated rings. The van der Waals surface area contributed by atoms with E-state index in [0.717, 1.165) is 24.7 Å². The first-order valence-corrected chi connectivity index (χ1v) is 5.71. The van der Waals surface area contributed by atoms with Gasteiger partial charge in [0, 0.05) is 25.8 Å². The summed E-state index contributed by atoms with van der Waals surface area (Å²) in [7, 11) is 1.94. The molecule has 0 aromatic carbocycles. The van der Waals surface area contributed by atoms with Gasteiger partial charge >= 0.3 is 0 Å². The van der Waals surface area contributed by atoms with Crippen molar-refractivity contribution in [3.63, 3.8) is 0 Å². The van der Waals surface area contributed by atoms with E-state index < -0.39 is 0 Å². The summed E-state index contributed by atoms with van der Waals surface area (Å²) < 4.78 is 1.82. The number of nitrogens with one attached hydrogen (secondary N) is 2. The maximum atomic E-state index is 4.13. The van der Waals surface area contributed by atoms with Gasteiger partial charge in [-0.25, -0.2) is 0 Å². The SMILES string of the molecule is CC1CCCNC1CNc1cnn(C)c1. The normalized spacial score (nSPS) is 26.5. The second kappa shape index (κ2) is 4.66. The Bertz CT molecular complexity index is 307. The fourth-order valence-electron chi connectivity index (χ4n) is 2.13. The lowest BCUT2D eigenvalue weighted by Crippen LogP contribution is -2.44. The number of aryl methyl sites for hydroxylation is 1. The first-order chi connectivity index (χ1) is 7.25. The first kappa shape index (κ1) is 10.5. The molecular weight excluding hydrogens is 188 g/mol. The maximum absolute atomic E-state index is 4.13. The first-order valence-electron chi connectivity index (χ1n) is 5.71. The van der Waals surface area contributed by atoms with Crippen LogP contribution >= 0.6 is 0 Å². The minimum absolute atomic E-state index is 0.596. The molecule has 15 heavy (non-hydrogen) atoms. The Labute approximate surface area is 91.1 Å². The molecule has 1 saturated heterocycles. The highest BCUT2D eigenvalue weighted by Gasteiger charge is 2.20. The highest BCUT2D eigenvalue weighted by atomic mass is 15.3. The van der Waals surface area contributed by atoms with Crippen molar-refractivity contribution in [2.45, 2.75) is 25.8 Å². The largest absolute Gasteiger partial charge is 0.381 e. The summed E-state index contributed by atoms with van der Waals surface area (Å²) in [5.74, 6) is 0.767. The summed E-state index contributed by atoms with van der Waals surface area (Å²) in [6.07, 6.45) is 6.53. The fourth-order valence-corrected chi connectivity index (χ4v) is 2.13. The van der Waals surface area contributed by atoms with Crippen LogP contribution in [0, 0.1) is 5.92 Å². The second-order valence-electron chi connectivity index (χ2n) is 4.46. The van der Waals surface area contributed by atoms with Gasteiger partial charge in [-0.1, -0.05) is 6.92 Å². The van der Waals surface area contributed by atoms with Crippen LogP contribution in [0.25, 0.3) is 0 Å². The van der Waals surface area contributed by atoms with E-state index in [2.05, 4.69) is 22.7 Å². The summed E-state index contributed by atoms with van der Waals surface area (Å²) in [6.45, 7) is 4.47. The molecule has 0 saturated carbocycles. The minimum Gasteiger partial charge on any atom is -0.381 e. The van der Waals surface area contributed by atoms with Crippen LogP contribution in [0.2, 0.25) is 0 Å². The number of rotatable bonds is 3. The topological polar surface area (TPSA) is 41.9 Å². The molecule has 0 spiro atoms. The molecule has 84 valence electrons. The fraction of sp³-hybridized carbons (Fsp3) is 0.727. The summed E-state index contributed by atoms with van der Waals surface area (Å²) in [4.78, 5) is 0. The molecule has 0 radical (unpaired) electrons. The third-order valence-corrected chi connectivity index (χ3v) is 3.16. The van der Waals surface area contributed by atoms with Gasteiger partial charge in [-0.3, -0.25) is 4.68 Å². The Morgan fingerprint density at radius 2 is 2.53 bits per heavy atom. The Balaban J connectivity index is 1.81. The Morgan fingerprint density at radius 3 is 3.20 bits per heavy atom. The van der Waals surface area contributed by atoms with Crippen molar-refractivity contribution >= 4 is 5.69 Å². The minimum atomic E-state index is 0.596. The molecule has 2 unspecified atom stereocenters. The molecule has 0 bridgehead atoms. The molecule has 1 aromatic rings. The monoisotopic (exact) mass is 208 g/mol. The second-order valence-corrected chi connectivity index (χ2v) is 4.46. The van der Waals surface area contributed by atoms with Crippen LogP contribution in [0.5, 0.6) is 0 Å². The molecule has 2 rings (SSSR count). The third kappa shape index (κ3) is 2.72. The molecule has 4 nitrogen and oxygen atoms in total. The van der Waals surface area contributed by atoms with Crippen molar-refractivity contribution in [2.75, 3.05) is 18.4 Å². The Kier molecular flexibility index (Phi) is 3.26. The number of nitrogens with zero attached hydrogens (tertiary/aromatic N) is 2. The van der Waals surface area contributed by atoms with Gasteiger partial charge in [-0.05, 0) is 25.3 Å². The van der Waals surface area contributed by atoms with E-state index in [0.29, 0.717) is 6.04 Å². The van der Waals surface area contributed by atoms with Crippen molar-refractivity contribution in [2.24, 2.45) is 13.0 Å². The summed E-state index contributed by atoms with van der Waals surface area (Å²) in [5, 5.41) is 11.1. The number of hydrogen-bond donors (Lipinski definition) is 2. The van der Waals surface area contributed by atoms with Crippen LogP contribution in [0.3, 0.4) is 0 Å². The highest BCUT2D eigenvalue weighted by Crippen LogP contribution is 2.16. The average molecular weight is 208 g/mol. The standard InChI is InChI=1S/C11H20N4/c1-9-4-3-5-12-11(9)7-13-10-6-14-15(2)8-10/h6,8-9,11-13H,3-5,7H2,1-2H3. The van der Waals surface area contributed by atoms with E-state index in [9.17, 15) is 0 Å². The van der Waals surface area contributed by atoms with Crippen molar-refractivity contribution < 1.29 is 0 Å². The highest BCUT2D eigenvalue weighted by molar-refractivity contribution is 5.38. The van der Waals surface area contributed by atoms with E-state index in [1.807, 2.05) is 24.1 Å².